The standard InChI is InChI=1S/C21H39N5O/c1-17-13-18(2)15-26(14-17)20(27)16-24-9-11-25(12-10-24)21(22-3)23-8-4-5-19-6-7-19/h17-19H,4-16H2,1-3H3,(H,22,23). The first-order valence-corrected chi connectivity index (χ1v) is 11.0. The molecule has 0 aromatic heterocycles. The molecule has 2 atom stereocenters. The van der Waals surface area contributed by atoms with Gasteiger partial charge in [-0.3, -0.25) is 14.7 Å². The summed E-state index contributed by atoms with van der Waals surface area (Å²) >= 11 is 0. The fourth-order valence-corrected chi connectivity index (χ4v) is 4.61. The van der Waals surface area contributed by atoms with Crippen molar-refractivity contribution in [2.75, 3.05) is 59.4 Å². The molecule has 0 bridgehead atoms. The Bertz CT molecular complexity index is 501. The average Bonchev–Trinajstić information content (AvgIpc) is 3.46. The van der Waals surface area contributed by atoms with Gasteiger partial charge in [-0.1, -0.05) is 26.7 Å². The Morgan fingerprint density at radius 1 is 1.04 bits per heavy atom. The third kappa shape index (κ3) is 6.37. The minimum absolute atomic E-state index is 0.310. The molecule has 1 amide bonds. The number of amides is 1. The van der Waals surface area contributed by atoms with Gasteiger partial charge < -0.3 is 15.1 Å². The molecule has 0 aromatic carbocycles. The lowest BCUT2D eigenvalue weighted by atomic mass is 9.92. The van der Waals surface area contributed by atoms with Crippen molar-refractivity contribution in [1.29, 1.82) is 0 Å². The Morgan fingerprint density at radius 2 is 1.70 bits per heavy atom. The summed E-state index contributed by atoms with van der Waals surface area (Å²) < 4.78 is 0. The van der Waals surface area contributed by atoms with Crippen molar-refractivity contribution in [2.45, 2.75) is 46.0 Å². The predicted molar refractivity (Wildman–Crippen MR) is 111 cm³/mol. The molecule has 1 N–H and O–H groups in total. The first-order chi connectivity index (χ1) is 13.0. The predicted octanol–water partition coefficient (Wildman–Crippen LogP) is 1.87. The van der Waals surface area contributed by atoms with E-state index in [2.05, 4.69) is 38.9 Å². The van der Waals surface area contributed by atoms with E-state index < -0.39 is 0 Å². The van der Waals surface area contributed by atoms with Crippen LogP contribution in [0.15, 0.2) is 4.99 Å². The summed E-state index contributed by atoms with van der Waals surface area (Å²) in [6.45, 7) is 11.7. The largest absolute Gasteiger partial charge is 0.356 e. The third-order valence-electron chi connectivity index (χ3n) is 6.23. The van der Waals surface area contributed by atoms with Crippen molar-refractivity contribution >= 4 is 11.9 Å². The molecule has 0 aromatic rings. The molecule has 3 fully saturated rings. The van der Waals surface area contributed by atoms with Gasteiger partial charge in [0.25, 0.3) is 0 Å². The van der Waals surface area contributed by atoms with Gasteiger partial charge in [0.15, 0.2) is 5.96 Å². The Hall–Kier alpha value is -1.30. The van der Waals surface area contributed by atoms with Gasteiger partial charge >= 0.3 is 0 Å². The van der Waals surface area contributed by atoms with Crippen LogP contribution in [0, 0.1) is 17.8 Å². The van der Waals surface area contributed by atoms with Crippen LogP contribution in [-0.4, -0.2) is 86.0 Å². The maximum absolute atomic E-state index is 12.7. The fourth-order valence-electron chi connectivity index (χ4n) is 4.61. The molecular weight excluding hydrogens is 338 g/mol. The molecular formula is C21H39N5O. The Morgan fingerprint density at radius 3 is 2.30 bits per heavy atom. The zero-order chi connectivity index (χ0) is 19.2. The van der Waals surface area contributed by atoms with E-state index in [1.807, 2.05) is 7.05 Å². The molecule has 0 spiro atoms. The SMILES string of the molecule is CN=C(NCCCC1CC1)N1CCN(CC(=O)N2CC(C)CC(C)C2)CC1. The minimum atomic E-state index is 0.310. The van der Waals surface area contributed by atoms with Crippen LogP contribution in [0.25, 0.3) is 0 Å². The number of nitrogens with zero attached hydrogens (tertiary/aromatic N) is 4. The quantitative estimate of drug-likeness (QED) is 0.436. The van der Waals surface area contributed by atoms with Crippen LogP contribution >= 0.6 is 0 Å². The van der Waals surface area contributed by atoms with Gasteiger partial charge in [0.05, 0.1) is 6.54 Å². The molecule has 2 saturated heterocycles. The molecule has 27 heavy (non-hydrogen) atoms. The number of guanidine groups is 1. The normalized spacial score (nSPS) is 27.7. The van der Waals surface area contributed by atoms with Gasteiger partial charge in [0.1, 0.15) is 0 Å². The highest BCUT2D eigenvalue weighted by molar-refractivity contribution is 5.80. The summed E-state index contributed by atoms with van der Waals surface area (Å²) in [4.78, 5) is 23.9. The molecule has 3 rings (SSSR count). The number of likely N-dealkylation sites (tertiary alicyclic amines) is 1. The summed E-state index contributed by atoms with van der Waals surface area (Å²) in [6.07, 6.45) is 6.71. The van der Waals surface area contributed by atoms with E-state index in [1.165, 1.54) is 32.1 Å². The summed E-state index contributed by atoms with van der Waals surface area (Å²) in [7, 11) is 1.87. The molecule has 1 saturated carbocycles. The first kappa shape index (κ1) is 20.4. The Balaban J connectivity index is 1.36. The van der Waals surface area contributed by atoms with E-state index in [-0.39, 0.29) is 0 Å². The van der Waals surface area contributed by atoms with Gasteiger partial charge in [-0.15, -0.1) is 0 Å². The van der Waals surface area contributed by atoms with Crippen molar-refractivity contribution in [3.8, 4) is 0 Å². The molecule has 0 radical (unpaired) electrons. The first-order valence-electron chi connectivity index (χ1n) is 11.0. The van der Waals surface area contributed by atoms with Gasteiger partial charge in [0.2, 0.25) is 5.91 Å². The van der Waals surface area contributed by atoms with Crippen molar-refractivity contribution in [3.63, 3.8) is 0 Å². The number of piperazine rings is 1. The number of carbonyl (C=O) groups excluding carboxylic acids is 1. The fraction of sp³-hybridized carbons (Fsp3) is 0.905. The summed E-state index contributed by atoms with van der Waals surface area (Å²) in [5, 5.41) is 3.52. The molecule has 2 aliphatic heterocycles. The zero-order valence-corrected chi connectivity index (χ0v) is 17.6. The third-order valence-corrected chi connectivity index (χ3v) is 6.23. The van der Waals surface area contributed by atoms with E-state index in [0.29, 0.717) is 24.3 Å². The second kappa shape index (κ2) is 9.76. The van der Waals surface area contributed by atoms with Gasteiger partial charge in [-0.2, -0.15) is 0 Å². The highest BCUT2D eigenvalue weighted by atomic mass is 16.2. The van der Waals surface area contributed by atoms with Gasteiger partial charge in [-0.05, 0) is 37.0 Å². The van der Waals surface area contributed by atoms with Crippen molar-refractivity contribution in [2.24, 2.45) is 22.7 Å². The number of hydrogen-bond acceptors (Lipinski definition) is 3. The van der Waals surface area contributed by atoms with E-state index in [4.69, 9.17) is 0 Å². The Kier molecular flexibility index (Phi) is 7.39. The summed E-state index contributed by atoms with van der Waals surface area (Å²) in [6, 6.07) is 0. The molecule has 6 heteroatoms. The van der Waals surface area contributed by atoms with E-state index in [1.54, 1.807) is 0 Å². The number of aliphatic imine (C=N–C) groups is 1. The van der Waals surface area contributed by atoms with Crippen LogP contribution < -0.4 is 5.32 Å². The zero-order valence-electron chi connectivity index (χ0n) is 17.6. The lowest BCUT2D eigenvalue weighted by Gasteiger charge is -2.39. The van der Waals surface area contributed by atoms with E-state index >= 15 is 0 Å². The number of carbonyl (C=O) groups is 1. The van der Waals surface area contributed by atoms with E-state index in [0.717, 1.165) is 57.7 Å². The minimum Gasteiger partial charge on any atom is -0.356 e. The highest BCUT2D eigenvalue weighted by Gasteiger charge is 2.28. The van der Waals surface area contributed by atoms with Gasteiger partial charge in [0, 0.05) is 52.9 Å². The molecule has 2 unspecified atom stereocenters. The van der Waals surface area contributed by atoms with Crippen LogP contribution in [0.3, 0.4) is 0 Å². The second-order valence-electron chi connectivity index (χ2n) is 9.07. The van der Waals surface area contributed by atoms with Crippen molar-refractivity contribution < 1.29 is 4.79 Å². The second-order valence-corrected chi connectivity index (χ2v) is 9.07. The van der Waals surface area contributed by atoms with E-state index in [9.17, 15) is 4.79 Å². The van der Waals surface area contributed by atoms with Gasteiger partial charge in [-0.25, -0.2) is 0 Å². The monoisotopic (exact) mass is 377 g/mol. The Labute approximate surface area is 165 Å². The van der Waals surface area contributed by atoms with Crippen LogP contribution in [0.1, 0.15) is 46.0 Å². The number of rotatable bonds is 6. The van der Waals surface area contributed by atoms with Crippen molar-refractivity contribution in [1.82, 2.24) is 20.0 Å². The summed E-state index contributed by atoms with van der Waals surface area (Å²) in [5.41, 5.74) is 0. The maximum Gasteiger partial charge on any atom is 0.236 e. The topological polar surface area (TPSA) is 51.2 Å². The number of nitrogens with one attached hydrogen (secondary N) is 1. The lowest BCUT2D eigenvalue weighted by Crippen LogP contribution is -2.55. The lowest BCUT2D eigenvalue weighted by molar-refractivity contribution is -0.135. The van der Waals surface area contributed by atoms with Crippen molar-refractivity contribution in [3.05, 3.63) is 0 Å². The van der Waals surface area contributed by atoms with Crippen LogP contribution in [0.5, 0.6) is 0 Å². The smallest absolute Gasteiger partial charge is 0.236 e. The number of hydrogen-bond donors (Lipinski definition) is 1. The molecule has 154 valence electrons. The highest BCUT2D eigenvalue weighted by Crippen LogP contribution is 2.33. The molecule has 1 aliphatic carbocycles. The van der Waals surface area contributed by atoms with Crippen LogP contribution in [0.2, 0.25) is 0 Å². The molecule has 2 heterocycles. The molecule has 6 nitrogen and oxygen atoms in total. The van der Waals surface area contributed by atoms with Crippen LogP contribution in [0.4, 0.5) is 0 Å². The average molecular weight is 378 g/mol. The maximum atomic E-state index is 12.7. The molecule has 3 aliphatic rings. The number of piperidine rings is 1. The van der Waals surface area contributed by atoms with Crippen LogP contribution in [-0.2, 0) is 4.79 Å². The summed E-state index contributed by atoms with van der Waals surface area (Å²) in [5.74, 6) is 3.59.